The van der Waals surface area contributed by atoms with E-state index in [-0.39, 0.29) is 94.3 Å². The Bertz CT molecular complexity index is 98.6. The molecule has 0 saturated heterocycles. The van der Waals surface area contributed by atoms with E-state index in [9.17, 15) is 0 Å². The summed E-state index contributed by atoms with van der Waals surface area (Å²) in [5, 5.41) is 0. The molecule has 0 heterocycles. The van der Waals surface area contributed by atoms with Crippen molar-refractivity contribution in [3.63, 3.8) is 0 Å². The predicted octanol–water partition coefficient (Wildman–Crippen LogP) is -1.70. The normalized spacial score (nSPS) is 4.83. The molecule has 56 valence electrons. The van der Waals surface area contributed by atoms with E-state index in [0.29, 0.717) is 0 Å². The van der Waals surface area contributed by atoms with Crippen molar-refractivity contribution in [3.05, 3.63) is 0 Å². The third-order valence-electron chi connectivity index (χ3n) is 0. The summed E-state index contributed by atoms with van der Waals surface area (Å²) < 4.78 is 34.1. The van der Waals surface area contributed by atoms with Crippen LogP contribution >= 0.6 is 0 Å². The van der Waals surface area contributed by atoms with Crippen LogP contribution in [0.3, 0.4) is 0 Å². The van der Waals surface area contributed by atoms with Crippen molar-refractivity contribution in [1.29, 1.82) is 0 Å². The van der Waals surface area contributed by atoms with Gasteiger partial charge in [-0.15, -0.1) is 0 Å². The van der Waals surface area contributed by atoms with Crippen LogP contribution in [-0.4, -0.2) is 17.5 Å². The molecule has 0 atom stereocenters. The molecule has 0 saturated carbocycles. The van der Waals surface area contributed by atoms with Crippen LogP contribution in [0.5, 0.6) is 0 Å². The minimum atomic E-state index is -5.17. The quantitative estimate of drug-likeness (QED) is 0.266. The van der Waals surface area contributed by atoms with Crippen LogP contribution in [0, 0.1) is 0 Å². The van der Waals surface area contributed by atoms with E-state index >= 15 is 0 Å². The Kier molecular flexibility index (Phi) is 156. The zero-order chi connectivity index (χ0) is 4.50. The summed E-state index contributed by atoms with van der Waals surface area (Å²) in [4.78, 5) is 0. The topological polar surface area (TPSA) is 166 Å². The van der Waals surface area contributed by atoms with Crippen molar-refractivity contribution in [2.45, 2.75) is 0 Å². The van der Waals surface area contributed by atoms with Crippen LogP contribution in [-0.2, 0) is 105 Å². The van der Waals surface area contributed by atoms with Gasteiger partial charge in [0.2, 0.25) is 0 Å². The summed E-state index contributed by atoms with van der Waals surface area (Å²) in [6.45, 7) is 0. The van der Waals surface area contributed by atoms with Gasteiger partial charge < -0.3 is 25.5 Å². The average molecular weight is 406 g/mol. The summed E-state index contributed by atoms with van der Waals surface area (Å²) in [7, 11) is -5.17. The molecule has 0 bridgehead atoms. The van der Waals surface area contributed by atoms with E-state index < -0.39 is 10.4 Å². The van der Waals surface area contributed by atoms with Gasteiger partial charge in [-0.05, 0) is 0 Å². The van der Waals surface area contributed by atoms with Gasteiger partial charge in [-0.25, -0.2) is 0 Å². The van der Waals surface area contributed by atoms with Crippen molar-refractivity contribution in [2.24, 2.45) is 0 Å². The van der Waals surface area contributed by atoms with Crippen LogP contribution in [0.4, 0.5) is 0 Å². The maximum Gasteiger partial charge on any atom is 2.00 e. The standard InChI is InChI=1S/H2O4S.3O.4Zn/c1-5(2,3)4;;;;;;;/h(H2,1,2,3,4);;;;;;;/q;3*-2;4*+2/p-2. The monoisotopic (exact) mass is 400 g/mol. The van der Waals surface area contributed by atoms with E-state index in [0.717, 1.165) is 0 Å². The van der Waals surface area contributed by atoms with E-state index in [1.54, 1.807) is 0 Å². The molecule has 0 fully saturated rings. The van der Waals surface area contributed by atoms with Crippen LogP contribution in [0.15, 0.2) is 0 Å². The van der Waals surface area contributed by atoms with Crippen molar-refractivity contribution in [3.8, 4) is 0 Å². The summed E-state index contributed by atoms with van der Waals surface area (Å²) >= 11 is 0. The molecule has 0 aliphatic rings. The van der Waals surface area contributed by atoms with Crippen molar-refractivity contribution in [2.75, 3.05) is 0 Å². The van der Waals surface area contributed by atoms with Gasteiger partial charge in [0.25, 0.3) is 0 Å². The van der Waals surface area contributed by atoms with Crippen LogP contribution in [0.1, 0.15) is 0 Å². The molecule has 0 aromatic heterocycles. The van der Waals surface area contributed by atoms with Gasteiger partial charge >= 0.3 is 77.9 Å². The second-order valence-electron chi connectivity index (χ2n) is 0.408. The fourth-order valence-electron chi connectivity index (χ4n) is 0. The van der Waals surface area contributed by atoms with Gasteiger partial charge in [-0.2, -0.15) is 0 Å². The van der Waals surface area contributed by atoms with Crippen molar-refractivity contribution < 1.29 is 112 Å². The molecule has 12 heavy (non-hydrogen) atoms. The molecule has 12 heteroatoms. The summed E-state index contributed by atoms with van der Waals surface area (Å²) in [5.41, 5.74) is 0. The molecule has 0 rings (SSSR count). The van der Waals surface area contributed by atoms with Crippen LogP contribution in [0.25, 0.3) is 0 Å². The van der Waals surface area contributed by atoms with E-state index in [1.165, 1.54) is 0 Å². The predicted molar refractivity (Wildman–Crippen MR) is 12.5 cm³/mol. The second kappa shape index (κ2) is 29.2. The fourth-order valence-corrected chi connectivity index (χ4v) is 0. The molecule has 0 aromatic rings. The third-order valence-corrected chi connectivity index (χ3v) is 0. The number of hydrogen-bond donors (Lipinski definition) is 0. The Hall–Kier alpha value is 2.24. The zero-order valence-corrected chi connectivity index (χ0v) is 18.8. The number of rotatable bonds is 0. The Labute approximate surface area is 121 Å². The molecule has 0 unspecified atom stereocenters. The average Bonchev–Trinajstić information content (AvgIpc) is 0.722. The first-order valence-electron chi connectivity index (χ1n) is 0.667. The molecular weight excluding hydrogens is 406 g/mol. The maximum absolute atomic E-state index is 8.52. The zero-order valence-electron chi connectivity index (χ0n) is 6.09. The minimum absolute atomic E-state index is 0. The Balaban J connectivity index is -0.00000000381. The smallest absolute Gasteiger partial charge is 2.00 e. The molecule has 0 aliphatic carbocycles. The van der Waals surface area contributed by atoms with Crippen molar-refractivity contribution in [1.82, 2.24) is 0 Å². The molecule has 0 aliphatic heterocycles. The SMILES string of the molecule is O=S(=O)([O-])[O-].[O-2].[O-2].[O-2].[Zn+2].[Zn+2].[Zn+2].[Zn+2]. The molecule has 0 aromatic carbocycles. The molecule has 0 N–H and O–H groups in total. The maximum atomic E-state index is 8.52. The fraction of sp³-hybridized carbons (Fsp3) is 0. The number of hydrogen-bond acceptors (Lipinski definition) is 4. The first kappa shape index (κ1) is 64.1. The van der Waals surface area contributed by atoms with E-state index in [1.807, 2.05) is 0 Å². The first-order valence-corrected chi connectivity index (χ1v) is 2.00. The van der Waals surface area contributed by atoms with E-state index in [4.69, 9.17) is 17.5 Å². The summed E-state index contributed by atoms with van der Waals surface area (Å²) in [5.74, 6) is 0. The second-order valence-corrected chi connectivity index (χ2v) is 1.22. The molecule has 0 spiro atoms. The third kappa shape index (κ3) is 308. The molecular formula is O7SZn4. The Morgan fingerprint density at radius 1 is 0.667 bits per heavy atom. The largest absolute Gasteiger partial charge is 2.00 e. The van der Waals surface area contributed by atoms with Gasteiger partial charge in [0.15, 0.2) is 0 Å². The van der Waals surface area contributed by atoms with Crippen LogP contribution < -0.4 is 0 Å². The molecule has 0 radical (unpaired) electrons. The van der Waals surface area contributed by atoms with Gasteiger partial charge in [0.05, 0.1) is 0 Å². The van der Waals surface area contributed by atoms with Crippen LogP contribution in [0.2, 0.25) is 0 Å². The molecule has 7 nitrogen and oxygen atoms in total. The first-order chi connectivity index (χ1) is 2.00. The molecule has 0 amide bonds. The van der Waals surface area contributed by atoms with E-state index in [2.05, 4.69) is 0 Å². The van der Waals surface area contributed by atoms with Gasteiger partial charge in [0.1, 0.15) is 0 Å². The summed E-state index contributed by atoms with van der Waals surface area (Å²) in [6.07, 6.45) is 0. The van der Waals surface area contributed by atoms with Crippen molar-refractivity contribution >= 4 is 10.4 Å². The van der Waals surface area contributed by atoms with Gasteiger partial charge in [-0.1, -0.05) is 0 Å². The Morgan fingerprint density at radius 2 is 0.667 bits per heavy atom. The summed E-state index contributed by atoms with van der Waals surface area (Å²) in [6, 6.07) is 0. The Morgan fingerprint density at radius 3 is 0.667 bits per heavy atom. The van der Waals surface area contributed by atoms with Gasteiger partial charge in [0, 0.05) is 10.4 Å². The minimum Gasteiger partial charge on any atom is -2.00 e. The van der Waals surface area contributed by atoms with Gasteiger partial charge in [-0.3, -0.25) is 8.42 Å².